The van der Waals surface area contributed by atoms with Gasteiger partial charge in [-0.1, -0.05) is 13.8 Å². The summed E-state index contributed by atoms with van der Waals surface area (Å²) in [6.45, 7) is 5.66. The first-order valence-corrected chi connectivity index (χ1v) is 6.60. The van der Waals surface area contributed by atoms with Gasteiger partial charge in [-0.2, -0.15) is 13.2 Å². The molecule has 0 radical (unpaired) electrons. The molecule has 0 spiro atoms. The van der Waals surface area contributed by atoms with Crippen molar-refractivity contribution in [2.45, 2.75) is 33.0 Å². The predicted molar refractivity (Wildman–Crippen MR) is 70.9 cm³/mol. The third kappa shape index (κ3) is 4.23. The molecule has 106 valence electrons. The summed E-state index contributed by atoms with van der Waals surface area (Å²) in [4.78, 5) is 12.0. The minimum atomic E-state index is -4.46. The van der Waals surface area contributed by atoms with E-state index in [0.29, 0.717) is 4.47 Å². The van der Waals surface area contributed by atoms with Crippen LogP contribution in [0, 0.1) is 5.92 Å². The van der Waals surface area contributed by atoms with Crippen LogP contribution in [0.15, 0.2) is 22.7 Å². The van der Waals surface area contributed by atoms with Crippen molar-refractivity contribution in [1.82, 2.24) is 5.32 Å². The van der Waals surface area contributed by atoms with Crippen molar-refractivity contribution in [1.29, 1.82) is 0 Å². The van der Waals surface area contributed by atoms with Gasteiger partial charge in [0.15, 0.2) is 0 Å². The number of alkyl halides is 3. The summed E-state index contributed by atoms with van der Waals surface area (Å²) in [5.41, 5.74) is -0.847. The Balaban J connectivity index is 3.03. The van der Waals surface area contributed by atoms with E-state index in [1.54, 1.807) is 0 Å². The van der Waals surface area contributed by atoms with Gasteiger partial charge < -0.3 is 5.32 Å². The van der Waals surface area contributed by atoms with Crippen LogP contribution in [0.2, 0.25) is 0 Å². The average molecular weight is 338 g/mol. The molecular weight excluding hydrogens is 323 g/mol. The minimum absolute atomic E-state index is 0.0117. The Labute approximate surface area is 118 Å². The van der Waals surface area contributed by atoms with Gasteiger partial charge in [-0.25, -0.2) is 0 Å². The fraction of sp³-hybridized carbons (Fsp3) is 0.462. The zero-order chi connectivity index (χ0) is 14.8. The Hall–Kier alpha value is -1.04. The molecule has 1 unspecified atom stereocenters. The summed E-state index contributed by atoms with van der Waals surface area (Å²) >= 11 is 3.10. The van der Waals surface area contributed by atoms with E-state index in [1.165, 1.54) is 6.07 Å². The van der Waals surface area contributed by atoms with Gasteiger partial charge in [0.05, 0.1) is 11.1 Å². The number of hydrogen-bond donors (Lipinski definition) is 1. The summed E-state index contributed by atoms with van der Waals surface area (Å²) in [7, 11) is 0. The molecule has 1 rings (SSSR count). The zero-order valence-corrected chi connectivity index (χ0v) is 12.4. The average Bonchev–Trinajstić information content (AvgIpc) is 2.27. The highest BCUT2D eigenvalue weighted by Gasteiger charge is 2.31. The van der Waals surface area contributed by atoms with Gasteiger partial charge in [0, 0.05) is 10.5 Å². The highest BCUT2D eigenvalue weighted by molar-refractivity contribution is 9.10. The van der Waals surface area contributed by atoms with E-state index in [0.717, 1.165) is 12.1 Å². The summed E-state index contributed by atoms with van der Waals surface area (Å²) in [6.07, 6.45) is -4.46. The monoisotopic (exact) mass is 337 g/mol. The van der Waals surface area contributed by atoms with Crippen LogP contribution < -0.4 is 5.32 Å². The number of nitrogens with one attached hydrogen (secondary N) is 1. The Kier molecular flexibility index (Phi) is 5.01. The fourth-order valence-electron chi connectivity index (χ4n) is 1.33. The van der Waals surface area contributed by atoms with Crippen molar-refractivity contribution in [2.75, 3.05) is 0 Å². The van der Waals surface area contributed by atoms with Crippen LogP contribution >= 0.6 is 15.9 Å². The third-order valence-corrected chi connectivity index (χ3v) is 3.59. The van der Waals surface area contributed by atoms with Crippen LogP contribution in [-0.4, -0.2) is 11.9 Å². The number of amides is 1. The van der Waals surface area contributed by atoms with Crippen molar-refractivity contribution in [3.63, 3.8) is 0 Å². The van der Waals surface area contributed by atoms with Crippen LogP contribution in [0.5, 0.6) is 0 Å². The molecule has 1 aromatic carbocycles. The van der Waals surface area contributed by atoms with Gasteiger partial charge in [0.25, 0.3) is 5.91 Å². The molecule has 2 nitrogen and oxygen atoms in total. The van der Waals surface area contributed by atoms with E-state index >= 15 is 0 Å². The second-order valence-corrected chi connectivity index (χ2v) is 5.55. The molecule has 1 aromatic rings. The number of benzene rings is 1. The lowest BCUT2D eigenvalue weighted by Crippen LogP contribution is -2.36. The van der Waals surface area contributed by atoms with E-state index in [2.05, 4.69) is 21.2 Å². The molecule has 1 N–H and O–H groups in total. The molecule has 0 aliphatic heterocycles. The largest absolute Gasteiger partial charge is 0.416 e. The molecule has 0 fully saturated rings. The first-order chi connectivity index (χ1) is 8.62. The summed E-state index contributed by atoms with van der Waals surface area (Å²) in [5, 5.41) is 2.68. The SMILES string of the molecule is CC(C)C(C)NC(=O)c1cc(C(F)(F)F)ccc1Br. The first kappa shape index (κ1) is 16.0. The van der Waals surface area contributed by atoms with Crippen molar-refractivity contribution in [2.24, 2.45) is 5.92 Å². The highest BCUT2D eigenvalue weighted by Crippen LogP contribution is 2.31. The zero-order valence-electron chi connectivity index (χ0n) is 10.8. The second-order valence-electron chi connectivity index (χ2n) is 4.70. The van der Waals surface area contributed by atoms with Gasteiger partial charge in [0.1, 0.15) is 0 Å². The smallest absolute Gasteiger partial charge is 0.349 e. The van der Waals surface area contributed by atoms with Crippen LogP contribution in [0.25, 0.3) is 0 Å². The predicted octanol–water partition coefficient (Wildman–Crippen LogP) is 4.24. The highest BCUT2D eigenvalue weighted by atomic mass is 79.9. The number of halogens is 4. The molecule has 19 heavy (non-hydrogen) atoms. The molecule has 0 saturated heterocycles. The molecule has 0 aromatic heterocycles. The number of hydrogen-bond acceptors (Lipinski definition) is 1. The Morgan fingerprint density at radius 2 is 1.84 bits per heavy atom. The van der Waals surface area contributed by atoms with Crippen molar-refractivity contribution in [3.05, 3.63) is 33.8 Å². The lowest BCUT2D eigenvalue weighted by atomic mass is 10.1. The molecule has 1 atom stereocenters. The van der Waals surface area contributed by atoms with Crippen LogP contribution in [0.1, 0.15) is 36.7 Å². The molecule has 0 aliphatic carbocycles. The first-order valence-electron chi connectivity index (χ1n) is 5.80. The second kappa shape index (κ2) is 5.94. The third-order valence-electron chi connectivity index (χ3n) is 2.90. The molecule has 0 bridgehead atoms. The van der Waals surface area contributed by atoms with Crippen molar-refractivity contribution < 1.29 is 18.0 Å². The number of carbonyl (C=O) groups excluding carboxylic acids is 1. The Morgan fingerprint density at radius 3 is 2.32 bits per heavy atom. The minimum Gasteiger partial charge on any atom is -0.349 e. The Bertz CT molecular complexity index is 471. The van der Waals surface area contributed by atoms with Gasteiger partial charge in [-0.05, 0) is 47.0 Å². The van der Waals surface area contributed by atoms with E-state index in [1.807, 2.05) is 20.8 Å². The van der Waals surface area contributed by atoms with Gasteiger partial charge in [-0.15, -0.1) is 0 Å². The van der Waals surface area contributed by atoms with Crippen LogP contribution in [-0.2, 0) is 6.18 Å². The van der Waals surface area contributed by atoms with Crippen molar-refractivity contribution >= 4 is 21.8 Å². The Morgan fingerprint density at radius 1 is 1.26 bits per heavy atom. The van der Waals surface area contributed by atoms with E-state index in [-0.39, 0.29) is 17.5 Å². The normalized spacial score (nSPS) is 13.5. The summed E-state index contributed by atoms with van der Waals surface area (Å²) in [6, 6.07) is 2.91. The summed E-state index contributed by atoms with van der Waals surface area (Å²) in [5.74, 6) is -0.312. The molecule has 0 aliphatic rings. The maximum Gasteiger partial charge on any atom is 0.416 e. The molecular formula is C13H15BrF3NO. The number of rotatable bonds is 3. The maximum atomic E-state index is 12.6. The fourth-order valence-corrected chi connectivity index (χ4v) is 1.75. The summed E-state index contributed by atoms with van der Waals surface area (Å²) < 4.78 is 38.2. The quantitative estimate of drug-likeness (QED) is 0.877. The molecule has 6 heteroatoms. The van der Waals surface area contributed by atoms with E-state index in [9.17, 15) is 18.0 Å². The lowest BCUT2D eigenvalue weighted by molar-refractivity contribution is -0.137. The van der Waals surface area contributed by atoms with Crippen molar-refractivity contribution in [3.8, 4) is 0 Å². The van der Waals surface area contributed by atoms with E-state index < -0.39 is 17.6 Å². The topological polar surface area (TPSA) is 29.1 Å². The standard InChI is InChI=1S/C13H15BrF3NO/c1-7(2)8(3)18-12(19)10-6-9(13(15,16)17)4-5-11(10)14/h4-8H,1-3H3,(H,18,19). The molecule has 0 saturated carbocycles. The molecule has 1 amide bonds. The lowest BCUT2D eigenvalue weighted by Gasteiger charge is -2.18. The van der Waals surface area contributed by atoms with Gasteiger partial charge >= 0.3 is 6.18 Å². The van der Waals surface area contributed by atoms with Gasteiger partial charge in [-0.3, -0.25) is 4.79 Å². The molecule has 0 heterocycles. The number of carbonyl (C=O) groups is 1. The maximum absolute atomic E-state index is 12.6. The van der Waals surface area contributed by atoms with Gasteiger partial charge in [0.2, 0.25) is 0 Å². The van der Waals surface area contributed by atoms with Crippen LogP contribution in [0.4, 0.5) is 13.2 Å². The van der Waals surface area contributed by atoms with E-state index in [4.69, 9.17) is 0 Å². The van der Waals surface area contributed by atoms with Crippen LogP contribution in [0.3, 0.4) is 0 Å².